The molecule has 3 rings (SSSR count). The Bertz CT molecular complexity index is 1020. The van der Waals surface area contributed by atoms with Gasteiger partial charge in [0.25, 0.3) is 0 Å². The van der Waals surface area contributed by atoms with Gasteiger partial charge in [-0.3, -0.25) is 9.59 Å². The number of aryl methyl sites for hydroxylation is 1. The van der Waals surface area contributed by atoms with E-state index in [4.69, 9.17) is 0 Å². The van der Waals surface area contributed by atoms with Crippen LogP contribution in [0.1, 0.15) is 32.3 Å². The van der Waals surface area contributed by atoms with Crippen LogP contribution in [0.3, 0.4) is 0 Å². The Morgan fingerprint density at radius 2 is 1.64 bits per heavy atom. The Labute approximate surface area is 166 Å². The number of carbonyl (C=O) groups is 1. The summed E-state index contributed by atoms with van der Waals surface area (Å²) in [6, 6.07) is 17.3. The number of rotatable bonds is 7. The van der Waals surface area contributed by atoms with E-state index in [1.165, 1.54) is 0 Å². The molecule has 0 atom stereocenters. The highest BCUT2D eigenvalue weighted by atomic mass is 16.2. The fraction of sp³-hybridized carbons (Fsp3) is 0.333. The van der Waals surface area contributed by atoms with E-state index in [9.17, 15) is 9.59 Å². The molecule has 0 saturated heterocycles. The maximum atomic E-state index is 13.1. The largest absolute Gasteiger partial charge is 0.341 e. The predicted octanol–water partition coefficient (Wildman–Crippen LogP) is 4.63. The normalized spacial score (nSPS) is 11.0. The molecule has 0 aliphatic rings. The van der Waals surface area contributed by atoms with Gasteiger partial charge in [0, 0.05) is 24.5 Å². The molecular formula is C24H28N2O2. The Morgan fingerprint density at radius 1 is 0.964 bits per heavy atom. The third-order valence-electron chi connectivity index (χ3n) is 4.97. The van der Waals surface area contributed by atoms with E-state index in [2.05, 4.69) is 13.8 Å². The molecule has 2 aromatic carbocycles. The average Bonchev–Trinajstić information content (AvgIpc) is 2.70. The Hall–Kier alpha value is -2.88. The zero-order chi connectivity index (χ0) is 20.1. The van der Waals surface area contributed by atoms with Gasteiger partial charge < -0.3 is 9.47 Å². The van der Waals surface area contributed by atoms with Gasteiger partial charge in [0.05, 0.1) is 11.2 Å². The lowest BCUT2D eigenvalue weighted by atomic mass is 10.1. The topological polar surface area (TPSA) is 42.3 Å². The first-order chi connectivity index (χ1) is 13.5. The Morgan fingerprint density at radius 3 is 2.29 bits per heavy atom. The van der Waals surface area contributed by atoms with Gasteiger partial charge in [-0.15, -0.1) is 0 Å². The minimum atomic E-state index is -0.0171. The van der Waals surface area contributed by atoms with Crippen LogP contribution in [-0.2, 0) is 11.3 Å². The van der Waals surface area contributed by atoms with E-state index in [0.717, 1.165) is 48.3 Å². The van der Waals surface area contributed by atoms with Crippen molar-refractivity contribution in [2.24, 2.45) is 0 Å². The van der Waals surface area contributed by atoms with Crippen molar-refractivity contribution in [3.05, 3.63) is 70.4 Å². The third-order valence-corrected chi connectivity index (χ3v) is 4.97. The zero-order valence-corrected chi connectivity index (χ0v) is 16.9. The van der Waals surface area contributed by atoms with Gasteiger partial charge in [0.2, 0.25) is 5.91 Å². The van der Waals surface area contributed by atoms with Gasteiger partial charge in [-0.1, -0.05) is 50.2 Å². The van der Waals surface area contributed by atoms with Gasteiger partial charge in [-0.25, -0.2) is 0 Å². The smallest absolute Gasteiger partial charge is 0.242 e. The molecule has 0 fully saturated rings. The number of aromatic nitrogens is 1. The monoisotopic (exact) mass is 376 g/mol. The van der Waals surface area contributed by atoms with Crippen molar-refractivity contribution in [1.29, 1.82) is 0 Å². The van der Waals surface area contributed by atoms with Crippen molar-refractivity contribution in [3.63, 3.8) is 0 Å². The molecule has 0 N–H and O–H groups in total. The van der Waals surface area contributed by atoms with Crippen LogP contribution in [0.4, 0.5) is 0 Å². The van der Waals surface area contributed by atoms with Gasteiger partial charge in [-0.2, -0.15) is 0 Å². The summed E-state index contributed by atoms with van der Waals surface area (Å²) in [6.07, 6.45) is 1.86. The molecule has 1 heterocycles. The number of hydrogen-bond donors (Lipinski definition) is 0. The van der Waals surface area contributed by atoms with E-state index >= 15 is 0 Å². The molecule has 0 aliphatic heterocycles. The molecule has 146 valence electrons. The Kier molecular flexibility index (Phi) is 6.30. The third kappa shape index (κ3) is 4.16. The van der Waals surface area contributed by atoms with Crippen LogP contribution >= 0.6 is 0 Å². The molecule has 0 unspecified atom stereocenters. The lowest BCUT2D eigenvalue weighted by Gasteiger charge is -2.24. The molecular weight excluding hydrogens is 348 g/mol. The van der Waals surface area contributed by atoms with Crippen LogP contribution in [-0.4, -0.2) is 28.5 Å². The van der Waals surface area contributed by atoms with Crippen LogP contribution in [0, 0.1) is 6.92 Å². The standard InChI is InChI=1S/C24H28N2O2/c1-4-13-25(14-5-2)24(28)17-26-21(19-9-7-6-8-10-19)16-23(27)20-12-11-18(3)15-22(20)26/h6-12,15-16H,4-5,13-14,17H2,1-3H3. The quantitative estimate of drug-likeness (QED) is 0.603. The summed E-state index contributed by atoms with van der Waals surface area (Å²) >= 11 is 0. The molecule has 4 heteroatoms. The average molecular weight is 377 g/mol. The van der Waals surface area contributed by atoms with Crippen LogP contribution in [0.25, 0.3) is 22.2 Å². The number of amides is 1. The summed E-state index contributed by atoms with van der Waals surface area (Å²) in [5, 5.41) is 0.649. The van der Waals surface area contributed by atoms with Crippen LogP contribution < -0.4 is 5.43 Å². The summed E-state index contributed by atoms with van der Waals surface area (Å²) in [5.74, 6) is 0.0901. The summed E-state index contributed by atoms with van der Waals surface area (Å²) in [6.45, 7) is 7.91. The fourth-order valence-corrected chi connectivity index (χ4v) is 3.64. The van der Waals surface area contributed by atoms with Crippen LogP contribution in [0.15, 0.2) is 59.4 Å². The zero-order valence-electron chi connectivity index (χ0n) is 16.9. The van der Waals surface area contributed by atoms with E-state index in [-0.39, 0.29) is 17.9 Å². The summed E-state index contributed by atoms with van der Waals surface area (Å²) in [5.41, 5.74) is 3.58. The first kappa shape index (κ1) is 19.9. The van der Waals surface area contributed by atoms with Crippen molar-refractivity contribution in [3.8, 4) is 11.3 Å². The SMILES string of the molecule is CCCN(CCC)C(=O)Cn1c(-c2ccccc2)cc(=O)c2ccc(C)cc21. The lowest BCUT2D eigenvalue weighted by Crippen LogP contribution is -2.35. The second-order valence-corrected chi connectivity index (χ2v) is 7.25. The molecule has 28 heavy (non-hydrogen) atoms. The minimum absolute atomic E-state index is 0.0171. The second kappa shape index (κ2) is 8.87. The summed E-state index contributed by atoms with van der Waals surface area (Å²) in [7, 11) is 0. The van der Waals surface area contributed by atoms with E-state index in [1.807, 2.05) is 64.9 Å². The number of pyridine rings is 1. The van der Waals surface area contributed by atoms with Gasteiger partial charge in [0.15, 0.2) is 5.43 Å². The fourth-order valence-electron chi connectivity index (χ4n) is 3.64. The van der Waals surface area contributed by atoms with E-state index in [0.29, 0.717) is 5.39 Å². The highest BCUT2D eigenvalue weighted by molar-refractivity contribution is 5.86. The molecule has 0 spiro atoms. The first-order valence-electron chi connectivity index (χ1n) is 10.0. The maximum Gasteiger partial charge on any atom is 0.242 e. The van der Waals surface area contributed by atoms with Crippen molar-refractivity contribution in [1.82, 2.24) is 9.47 Å². The van der Waals surface area contributed by atoms with Gasteiger partial charge >= 0.3 is 0 Å². The summed E-state index contributed by atoms with van der Waals surface area (Å²) < 4.78 is 2.00. The highest BCUT2D eigenvalue weighted by Crippen LogP contribution is 2.24. The van der Waals surface area contributed by atoms with Crippen molar-refractivity contribution in [2.75, 3.05) is 13.1 Å². The minimum Gasteiger partial charge on any atom is -0.341 e. The van der Waals surface area contributed by atoms with Crippen molar-refractivity contribution < 1.29 is 4.79 Å². The number of nitrogens with zero attached hydrogens (tertiary/aromatic N) is 2. The highest BCUT2D eigenvalue weighted by Gasteiger charge is 2.17. The van der Waals surface area contributed by atoms with Crippen LogP contribution in [0.5, 0.6) is 0 Å². The van der Waals surface area contributed by atoms with Gasteiger partial charge in [-0.05, 0) is 43.0 Å². The summed E-state index contributed by atoms with van der Waals surface area (Å²) in [4.78, 5) is 27.8. The van der Waals surface area contributed by atoms with E-state index in [1.54, 1.807) is 6.07 Å². The molecule has 0 radical (unpaired) electrons. The number of fused-ring (bicyclic) bond motifs is 1. The molecule has 0 bridgehead atoms. The molecule has 0 saturated carbocycles. The number of hydrogen-bond acceptors (Lipinski definition) is 2. The molecule has 4 nitrogen and oxygen atoms in total. The first-order valence-corrected chi connectivity index (χ1v) is 10.0. The predicted molar refractivity (Wildman–Crippen MR) is 116 cm³/mol. The molecule has 1 amide bonds. The molecule has 1 aromatic heterocycles. The number of benzene rings is 2. The van der Waals surface area contributed by atoms with E-state index < -0.39 is 0 Å². The molecule has 3 aromatic rings. The van der Waals surface area contributed by atoms with Gasteiger partial charge in [0.1, 0.15) is 6.54 Å². The molecule has 0 aliphatic carbocycles. The second-order valence-electron chi connectivity index (χ2n) is 7.25. The Balaban J connectivity index is 2.18. The van der Waals surface area contributed by atoms with Crippen LogP contribution in [0.2, 0.25) is 0 Å². The maximum absolute atomic E-state index is 13.1. The lowest BCUT2D eigenvalue weighted by molar-refractivity contribution is -0.131. The number of carbonyl (C=O) groups excluding carboxylic acids is 1. The van der Waals surface area contributed by atoms with Crippen molar-refractivity contribution >= 4 is 16.8 Å². The van der Waals surface area contributed by atoms with Crippen molar-refractivity contribution in [2.45, 2.75) is 40.2 Å².